The first-order chi connectivity index (χ1) is 14.6. The first-order valence-electron chi connectivity index (χ1n) is 9.90. The molecular weight excluding hydrogens is 394 g/mol. The van der Waals surface area contributed by atoms with Crippen molar-refractivity contribution in [3.05, 3.63) is 82.3 Å². The standard InChI is InChI=1S/C23H23N5OS/c1-3-19-12-20-21(27-15(2)28-23(20)30-19)25-13-16-7-9-17(10-8-16)22(29)26-14-18-6-4-5-11-24-18/h4-12H,3,13-14H2,1-2H3,(H,26,29)(H,25,27,28). The van der Waals surface area contributed by atoms with Gasteiger partial charge in [0, 0.05) is 23.2 Å². The number of aromatic nitrogens is 3. The van der Waals surface area contributed by atoms with Crippen LogP contribution in [0.4, 0.5) is 5.82 Å². The number of hydrogen-bond donors (Lipinski definition) is 2. The molecule has 0 aliphatic heterocycles. The molecule has 0 radical (unpaired) electrons. The van der Waals surface area contributed by atoms with Gasteiger partial charge in [0.05, 0.1) is 17.6 Å². The third-order valence-electron chi connectivity index (χ3n) is 4.74. The predicted octanol–water partition coefficient (Wildman–Crippen LogP) is 4.50. The molecule has 0 unspecified atom stereocenters. The Hall–Kier alpha value is -3.32. The lowest BCUT2D eigenvalue weighted by Gasteiger charge is -2.09. The lowest BCUT2D eigenvalue weighted by molar-refractivity contribution is 0.0950. The van der Waals surface area contributed by atoms with Gasteiger partial charge in [0.2, 0.25) is 0 Å². The average Bonchev–Trinajstić information content (AvgIpc) is 3.20. The molecule has 0 saturated heterocycles. The molecule has 7 heteroatoms. The van der Waals surface area contributed by atoms with Gasteiger partial charge in [-0.2, -0.15) is 0 Å². The molecular formula is C23H23N5OS. The first kappa shape index (κ1) is 20.0. The second-order valence-electron chi connectivity index (χ2n) is 6.96. The van der Waals surface area contributed by atoms with Gasteiger partial charge in [0.1, 0.15) is 16.5 Å². The molecule has 1 aromatic carbocycles. The number of nitrogens with zero attached hydrogens (tertiary/aromatic N) is 3. The van der Waals surface area contributed by atoms with Crippen LogP contribution in [0.25, 0.3) is 10.2 Å². The normalized spacial score (nSPS) is 10.9. The van der Waals surface area contributed by atoms with Crippen molar-refractivity contribution in [3.63, 3.8) is 0 Å². The Bertz CT molecular complexity index is 1160. The van der Waals surface area contributed by atoms with Crippen LogP contribution in [-0.2, 0) is 19.5 Å². The van der Waals surface area contributed by atoms with Crippen molar-refractivity contribution < 1.29 is 4.79 Å². The summed E-state index contributed by atoms with van der Waals surface area (Å²) in [5.41, 5.74) is 2.53. The zero-order valence-corrected chi connectivity index (χ0v) is 17.8. The average molecular weight is 418 g/mol. The lowest BCUT2D eigenvalue weighted by atomic mass is 10.1. The Morgan fingerprint density at radius 3 is 2.63 bits per heavy atom. The summed E-state index contributed by atoms with van der Waals surface area (Å²) >= 11 is 1.72. The van der Waals surface area contributed by atoms with E-state index < -0.39 is 0 Å². The van der Waals surface area contributed by atoms with E-state index in [2.05, 4.69) is 38.6 Å². The minimum Gasteiger partial charge on any atom is -0.365 e. The Labute approximate surface area is 179 Å². The van der Waals surface area contributed by atoms with Crippen LogP contribution < -0.4 is 10.6 Å². The van der Waals surface area contributed by atoms with Gasteiger partial charge >= 0.3 is 0 Å². The number of benzene rings is 1. The molecule has 0 aliphatic carbocycles. The summed E-state index contributed by atoms with van der Waals surface area (Å²) in [6.45, 7) is 5.09. The number of fused-ring (bicyclic) bond motifs is 1. The van der Waals surface area contributed by atoms with Gasteiger partial charge in [-0.25, -0.2) is 9.97 Å². The maximum absolute atomic E-state index is 12.4. The van der Waals surface area contributed by atoms with Crippen LogP contribution in [0.5, 0.6) is 0 Å². The monoisotopic (exact) mass is 417 g/mol. The fourth-order valence-electron chi connectivity index (χ4n) is 3.12. The van der Waals surface area contributed by atoms with Gasteiger partial charge in [-0.3, -0.25) is 9.78 Å². The second kappa shape index (κ2) is 9.00. The van der Waals surface area contributed by atoms with E-state index in [0.29, 0.717) is 18.7 Å². The van der Waals surface area contributed by atoms with E-state index in [4.69, 9.17) is 0 Å². The number of carbonyl (C=O) groups excluding carboxylic acids is 1. The number of amides is 1. The van der Waals surface area contributed by atoms with Gasteiger partial charge in [-0.05, 0) is 49.2 Å². The summed E-state index contributed by atoms with van der Waals surface area (Å²) in [6.07, 6.45) is 2.71. The topological polar surface area (TPSA) is 79.8 Å². The summed E-state index contributed by atoms with van der Waals surface area (Å²) in [5, 5.41) is 7.38. The minimum absolute atomic E-state index is 0.112. The first-order valence-corrected chi connectivity index (χ1v) is 10.7. The number of carbonyl (C=O) groups is 1. The Balaban J connectivity index is 1.40. The number of aryl methyl sites for hydroxylation is 2. The SMILES string of the molecule is CCc1cc2c(NCc3ccc(C(=O)NCc4ccccn4)cc3)nc(C)nc2s1. The van der Waals surface area contributed by atoms with E-state index in [1.54, 1.807) is 17.5 Å². The molecule has 0 spiro atoms. The molecule has 3 heterocycles. The maximum atomic E-state index is 12.4. The fraction of sp³-hybridized carbons (Fsp3) is 0.217. The van der Waals surface area contributed by atoms with Gasteiger partial charge < -0.3 is 10.6 Å². The van der Waals surface area contributed by atoms with E-state index >= 15 is 0 Å². The van der Waals surface area contributed by atoms with Crippen molar-refractivity contribution in [2.45, 2.75) is 33.4 Å². The summed E-state index contributed by atoms with van der Waals surface area (Å²) in [6, 6.07) is 15.4. The molecule has 6 nitrogen and oxygen atoms in total. The summed E-state index contributed by atoms with van der Waals surface area (Å²) in [5.74, 6) is 1.50. The molecule has 152 valence electrons. The molecule has 1 amide bonds. The largest absolute Gasteiger partial charge is 0.365 e. The van der Waals surface area contributed by atoms with Crippen molar-refractivity contribution in [3.8, 4) is 0 Å². The van der Waals surface area contributed by atoms with E-state index in [1.165, 1.54) is 4.88 Å². The quantitative estimate of drug-likeness (QED) is 0.463. The smallest absolute Gasteiger partial charge is 0.251 e. The fourth-order valence-corrected chi connectivity index (χ4v) is 4.14. The van der Waals surface area contributed by atoms with Gasteiger partial charge in [-0.15, -0.1) is 11.3 Å². The van der Waals surface area contributed by atoms with Crippen LogP contribution in [0.15, 0.2) is 54.7 Å². The van der Waals surface area contributed by atoms with Gasteiger partial charge in [-0.1, -0.05) is 25.1 Å². The molecule has 0 saturated carbocycles. The molecule has 4 aromatic rings. The van der Waals surface area contributed by atoms with Crippen molar-refractivity contribution in [2.75, 3.05) is 5.32 Å². The van der Waals surface area contributed by atoms with Crippen molar-refractivity contribution in [2.24, 2.45) is 0 Å². The van der Waals surface area contributed by atoms with E-state index in [0.717, 1.165) is 39.5 Å². The number of thiophene rings is 1. The molecule has 0 bridgehead atoms. The molecule has 0 fully saturated rings. The van der Waals surface area contributed by atoms with Crippen molar-refractivity contribution >= 4 is 33.3 Å². The number of hydrogen-bond acceptors (Lipinski definition) is 6. The highest BCUT2D eigenvalue weighted by atomic mass is 32.1. The number of anilines is 1. The van der Waals surface area contributed by atoms with E-state index in [-0.39, 0.29) is 5.91 Å². The second-order valence-corrected chi connectivity index (χ2v) is 8.07. The highest BCUT2D eigenvalue weighted by molar-refractivity contribution is 7.18. The highest BCUT2D eigenvalue weighted by Crippen LogP contribution is 2.29. The third kappa shape index (κ3) is 4.63. The molecule has 3 aromatic heterocycles. The summed E-state index contributed by atoms with van der Waals surface area (Å²) in [4.78, 5) is 28.0. The zero-order valence-electron chi connectivity index (χ0n) is 17.0. The van der Waals surface area contributed by atoms with Gasteiger partial charge in [0.15, 0.2) is 0 Å². The van der Waals surface area contributed by atoms with E-state index in [9.17, 15) is 4.79 Å². The van der Waals surface area contributed by atoms with Crippen LogP contribution >= 0.6 is 11.3 Å². The zero-order chi connectivity index (χ0) is 20.9. The predicted molar refractivity (Wildman–Crippen MR) is 121 cm³/mol. The van der Waals surface area contributed by atoms with E-state index in [1.807, 2.05) is 49.4 Å². The van der Waals surface area contributed by atoms with Gasteiger partial charge in [0.25, 0.3) is 5.91 Å². The Kier molecular flexibility index (Phi) is 5.99. The van der Waals surface area contributed by atoms with Crippen LogP contribution in [0.2, 0.25) is 0 Å². The van der Waals surface area contributed by atoms with Crippen LogP contribution in [0.3, 0.4) is 0 Å². The molecule has 0 aliphatic rings. The maximum Gasteiger partial charge on any atom is 0.251 e. The summed E-state index contributed by atoms with van der Waals surface area (Å²) in [7, 11) is 0. The molecule has 4 rings (SSSR count). The van der Waals surface area contributed by atoms with Crippen LogP contribution in [0, 0.1) is 6.92 Å². The highest BCUT2D eigenvalue weighted by Gasteiger charge is 2.10. The Morgan fingerprint density at radius 1 is 1.07 bits per heavy atom. The lowest BCUT2D eigenvalue weighted by Crippen LogP contribution is -2.23. The summed E-state index contributed by atoms with van der Waals surface area (Å²) < 4.78 is 0. The number of nitrogens with one attached hydrogen (secondary N) is 2. The van der Waals surface area contributed by atoms with Crippen molar-refractivity contribution in [1.82, 2.24) is 20.3 Å². The molecule has 0 atom stereocenters. The Morgan fingerprint density at radius 2 is 1.90 bits per heavy atom. The molecule has 30 heavy (non-hydrogen) atoms. The van der Waals surface area contributed by atoms with Crippen molar-refractivity contribution in [1.29, 1.82) is 0 Å². The molecule has 2 N–H and O–H groups in total. The third-order valence-corrected chi connectivity index (χ3v) is 5.91. The minimum atomic E-state index is -0.112. The number of pyridine rings is 1. The van der Waals surface area contributed by atoms with Crippen LogP contribution in [0.1, 0.15) is 39.2 Å². The van der Waals surface area contributed by atoms with Crippen LogP contribution in [-0.4, -0.2) is 20.9 Å². The number of rotatable bonds is 7.